The zero-order chi connectivity index (χ0) is 15.3. The average Bonchev–Trinajstić information content (AvgIpc) is 2.34. The highest BCUT2D eigenvalue weighted by atomic mass is 32.2. The Morgan fingerprint density at radius 1 is 1.25 bits per heavy atom. The SMILES string of the molecule is CC(C)C[C@H](N)C(=O)NCc1ccc(S(C)(=O)=O)cc1. The van der Waals surface area contributed by atoms with Crippen LogP contribution in [0.4, 0.5) is 0 Å². The number of hydrogen-bond acceptors (Lipinski definition) is 4. The summed E-state index contributed by atoms with van der Waals surface area (Å²) in [4.78, 5) is 12.0. The van der Waals surface area contributed by atoms with Crippen molar-refractivity contribution in [3.63, 3.8) is 0 Å². The summed E-state index contributed by atoms with van der Waals surface area (Å²) in [5, 5.41) is 2.75. The van der Waals surface area contributed by atoms with Gasteiger partial charge in [-0.25, -0.2) is 8.42 Å². The Morgan fingerprint density at radius 2 is 1.80 bits per heavy atom. The van der Waals surface area contributed by atoms with Crippen molar-refractivity contribution >= 4 is 15.7 Å². The van der Waals surface area contributed by atoms with Crippen LogP contribution in [-0.4, -0.2) is 26.6 Å². The molecular formula is C14H22N2O3S. The molecule has 1 atom stereocenters. The second-order valence-corrected chi connectivity index (χ2v) is 7.39. The standard InChI is InChI=1S/C14H22N2O3S/c1-10(2)8-13(15)14(17)16-9-11-4-6-12(7-5-11)20(3,18)19/h4-7,10,13H,8-9,15H2,1-3H3,(H,16,17)/t13-/m0/s1. The van der Waals surface area contributed by atoms with Crippen LogP contribution in [0, 0.1) is 5.92 Å². The largest absolute Gasteiger partial charge is 0.351 e. The van der Waals surface area contributed by atoms with Crippen molar-refractivity contribution in [2.45, 2.75) is 37.8 Å². The zero-order valence-corrected chi connectivity index (χ0v) is 12.9. The second kappa shape index (κ2) is 6.85. The normalized spacial score (nSPS) is 13.2. The minimum atomic E-state index is -3.19. The summed E-state index contributed by atoms with van der Waals surface area (Å²) >= 11 is 0. The van der Waals surface area contributed by atoms with E-state index in [4.69, 9.17) is 5.73 Å². The fourth-order valence-corrected chi connectivity index (χ4v) is 2.42. The highest BCUT2D eigenvalue weighted by molar-refractivity contribution is 7.90. The van der Waals surface area contributed by atoms with E-state index in [2.05, 4.69) is 5.32 Å². The van der Waals surface area contributed by atoms with E-state index in [9.17, 15) is 13.2 Å². The molecule has 1 aromatic carbocycles. The molecule has 0 aromatic heterocycles. The summed E-state index contributed by atoms with van der Waals surface area (Å²) in [6.07, 6.45) is 1.80. The molecule has 0 fully saturated rings. The average molecular weight is 298 g/mol. The number of hydrogen-bond donors (Lipinski definition) is 2. The van der Waals surface area contributed by atoms with E-state index < -0.39 is 15.9 Å². The van der Waals surface area contributed by atoms with Crippen molar-refractivity contribution in [2.75, 3.05) is 6.26 Å². The number of nitrogens with one attached hydrogen (secondary N) is 1. The van der Waals surface area contributed by atoms with Crippen molar-refractivity contribution < 1.29 is 13.2 Å². The summed E-state index contributed by atoms with van der Waals surface area (Å²) in [5.74, 6) is 0.177. The van der Waals surface area contributed by atoms with Gasteiger partial charge in [-0.3, -0.25) is 4.79 Å². The minimum Gasteiger partial charge on any atom is -0.351 e. The molecule has 0 radical (unpaired) electrons. The number of amides is 1. The lowest BCUT2D eigenvalue weighted by atomic mass is 10.0. The summed E-state index contributed by atoms with van der Waals surface area (Å²) in [7, 11) is -3.19. The van der Waals surface area contributed by atoms with Gasteiger partial charge < -0.3 is 11.1 Å². The molecule has 1 amide bonds. The van der Waals surface area contributed by atoms with E-state index in [-0.39, 0.29) is 10.8 Å². The maximum atomic E-state index is 11.7. The van der Waals surface area contributed by atoms with Gasteiger partial charge in [0.25, 0.3) is 0 Å². The predicted octanol–water partition coefficient (Wildman–Crippen LogP) is 1.08. The molecule has 0 spiro atoms. The van der Waals surface area contributed by atoms with E-state index in [1.807, 2.05) is 13.8 Å². The second-order valence-electron chi connectivity index (χ2n) is 5.37. The van der Waals surface area contributed by atoms with Crippen molar-refractivity contribution in [3.05, 3.63) is 29.8 Å². The van der Waals surface area contributed by atoms with Gasteiger partial charge in [0, 0.05) is 12.8 Å². The number of sulfone groups is 1. The molecule has 0 saturated carbocycles. The number of carbonyl (C=O) groups excluding carboxylic acids is 1. The van der Waals surface area contributed by atoms with Gasteiger partial charge in [-0.2, -0.15) is 0 Å². The lowest BCUT2D eigenvalue weighted by Gasteiger charge is -2.14. The van der Waals surface area contributed by atoms with Gasteiger partial charge in [0.15, 0.2) is 9.84 Å². The van der Waals surface area contributed by atoms with Gasteiger partial charge in [0.2, 0.25) is 5.91 Å². The summed E-state index contributed by atoms with van der Waals surface area (Å²) < 4.78 is 22.6. The van der Waals surface area contributed by atoms with Crippen molar-refractivity contribution in [3.8, 4) is 0 Å². The quantitative estimate of drug-likeness (QED) is 0.822. The van der Waals surface area contributed by atoms with Crippen LogP contribution in [0.2, 0.25) is 0 Å². The molecule has 1 aromatic rings. The van der Waals surface area contributed by atoms with Crippen LogP contribution in [0.3, 0.4) is 0 Å². The van der Waals surface area contributed by atoms with Crippen molar-refractivity contribution in [2.24, 2.45) is 11.7 Å². The maximum absolute atomic E-state index is 11.7. The van der Waals surface area contributed by atoms with E-state index in [1.165, 1.54) is 12.1 Å². The van der Waals surface area contributed by atoms with Gasteiger partial charge in [0.1, 0.15) is 0 Å². The Hall–Kier alpha value is -1.40. The van der Waals surface area contributed by atoms with E-state index in [0.29, 0.717) is 18.9 Å². The predicted molar refractivity (Wildman–Crippen MR) is 78.8 cm³/mol. The molecule has 20 heavy (non-hydrogen) atoms. The van der Waals surface area contributed by atoms with Crippen LogP contribution in [0.5, 0.6) is 0 Å². The molecule has 0 bridgehead atoms. The molecule has 112 valence electrons. The number of nitrogens with two attached hydrogens (primary N) is 1. The molecule has 0 aliphatic carbocycles. The maximum Gasteiger partial charge on any atom is 0.237 e. The zero-order valence-electron chi connectivity index (χ0n) is 12.1. The third-order valence-corrected chi connectivity index (χ3v) is 4.01. The van der Waals surface area contributed by atoms with Crippen LogP contribution in [-0.2, 0) is 21.2 Å². The van der Waals surface area contributed by atoms with Gasteiger partial charge in [0.05, 0.1) is 10.9 Å². The summed E-state index contributed by atoms with van der Waals surface area (Å²) in [6.45, 7) is 4.36. The Morgan fingerprint density at radius 3 is 2.25 bits per heavy atom. The smallest absolute Gasteiger partial charge is 0.237 e. The first kappa shape index (κ1) is 16.7. The van der Waals surface area contributed by atoms with Crippen LogP contribution < -0.4 is 11.1 Å². The molecule has 0 unspecified atom stereocenters. The number of benzene rings is 1. The number of rotatable bonds is 6. The molecule has 5 nitrogen and oxygen atoms in total. The first-order chi connectivity index (χ1) is 9.20. The highest BCUT2D eigenvalue weighted by Crippen LogP contribution is 2.10. The molecule has 1 rings (SSSR count). The van der Waals surface area contributed by atoms with Crippen LogP contribution in [0.1, 0.15) is 25.8 Å². The summed E-state index contributed by atoms with van der Waals surface area (Å²) in [6, 6.07) is 5.93. The molecule has 0 heterocycles. The lowest BCUT2D eigenvalue weighted by molar-refractivity contribution is -0.122. The fraction of sp³-hybridized carbons (Fsp3) is 0.500. The minimum absolute atomic E-state index is 0.189. The third kappa shape index (κ3) is 5.30. The molecule has 0 aliphatic rings. The Bertz CT molecular complexity index is 550. The molecule has 6 heteroatoms. The van der Waals surface area contributed by atoms with Gasteiger partial charge in [-0.1, -0.05) is 26.0 Å². The Labute approximate surface area is 120 Å². The first-order valence-corrected chi connectivity index (χ1v) is 8.41. The highest BCUT2D eigenvalue weighted by Gasteiger charge is 2.14. The van der Waals surface area contributed by atoms with Crippen LogP contribution in [0.25, 0.3) is 0 Å². The molecule has 3 N–H and O–H groups in total. The molecule has 0 aliphatic heterocycles. The first-order valence-electron chi connectivity index (χ1n) is 6.52. The third-order valence-electron chi connectivity index (χ3n) is 2.88. The monoisotopic (exact) mass is 298 g/mol. The van der Waals surface area contributed by atoms with Crippen LogP contribution in [0.15, 0.2) is 29.2 Å². The topological polar surface area (TPSA) is 89.3 Å². The fourth-order valence-electron chi connectivity index (χ4n) is 1.79. The summed E-state index contributed by atoms with van der Waals surface area (Å²) in [5.41, 5.74) is 6.61. The van der Waals surface area contributed by atoms with Crippen molar-refractivity contribution in [1.29, 1.82) is 0 Å². The Kier molecular flexibility index (Phi) is 5.71. The van der Waals surface area contributed by atoms with Gasteiger partial charge in [-0.05, 0) is 30.0 Å². The Balaban J connectivity index is 2.56. The van der Waals surface area contributed by atoms with Gasteiger partial charge >= 0.3 is 0 Å². The van der Waals surface area contributed by atoms with Crippen molar-refractivity contribution in [1.82, 2.24) is 5.32 Å². The molecular weight excluding hydrogens is 276 g/mol. The molecule has 0 saturated heterocycles. The lowest BCUT2D eigenvalue weighted by Crippen LogP contribution is -2.41. The van der Waals surface area contributed by atoms with E-state index >= 15 is 0 Å². The van der Waals surface area contributed by atoms with E-state index in [0.717, 1.165) is 11.8 Å². The number of carbonyl (C=O) groups is 1. The van der Waals surface area contributed by atoms with Crippen LogP contribution >= 0.6 is 0 Å². The van der Waals surface area contributed by atoms with E-state index in [1.54, 1.807) is 12.1 Å². The van der Waals surface area contributed by atoms with Gasteiger partial charge in [-0.15, -0.1) is 0 Å².